The zero-order valence-corrected chi connectivity index (χ0v) is 13.0. The SMILES string of the molecule is Oc1cccc2c1[C@@H](O)[C@H]1O[C@H]1C21Oc2cccc3cccc(c23)O1. The second kappa shape index (κ2) is 4.25. The van der Waals surface area contributed by atoms with Gasteiger partial charge in [0.25, 0.3) is 0 Å². The van der Waals surface area contributed by atoms with Crippen molar-refractivity contribution in [2.75, 3.05) is 0 Å². The average molecular weight is 334 g/mol. The fourth-order valence-electron chi connectivity index (χ4n) is 4.17. The number of ether oxygens (including phenoxy) is 3. The van der Waals surface area contributed by atoms with Gasteiger partial charge in [-0.2, -0.15) is 0 Å². The zero-order valence-electron chi connectivity index (χ0n) is 13.0. The minimum atomic E-state index is -1.21. The number of hydrogen-bond donors (Lipinski definition) is 2. The highest BCUT2D eigenvalue weighted by atomic mass is 16.8. The molecule has 1 aliphatic carbocycles. The first kappa shape index (κ1) is 13.5. The fraction of sp³-hybridized carbons (Fsp3) is 0.200. The molecule has 3 aromatic carbocycles. The van der Waals surface area contributed by atoms with E-state index < -0.39 is 24.1 Å². The van der Waals surface area contributed by atoms with Crippen LogP contribution in [0.1, 0.15) is 17.2 Å². The van der Waals surface area contributed by atoms with Crippen molar-refractivity contribution in [2.45, 2.75) is 24.1 Å². The Bertz CT molecular complexity index is 1000. The minimum absolute atomic E-state index is 0.0163. The number of phenolic OH excluding ortho intramolecular Hbond substituents is 1. The largest absolute Gasteiger partial charge is 0.508 e. The first-order valence-corrected chi connectivity index (χ1v) is 8.25. The molecule has 0 aromatic heterocycles. The molecule has 3 aromatic rings. The summed E-state index contributed by atoms with van der Waals surface area (Å²) in [5.41, 5.74) is 1.01. The Kier molecular flexibility index (Phi) is 2.30. The van der Waals surface area contributed by atoms with Gasteiger partial charge in [-0.3, -0.25) is 0 Å². The van der Waals surface area contributed by atoms with E-state index in [1.54, 1.807) is 12.1 Å². The van der Waals surface area contributed by atoms with Gasteiger partial charge in [-0.1, -0.05) is 36.4 Å². The Morgan fingerprint density at radius 1 is 0.880 bits per heavy atom. The molecule has 0 saturated carbocycles. The normalized spacial score (nSPS) is 27.2. The Morgan fingerprint density at radius 2 is 1.56 bits per heavy atom. The molecule has 0 radical (unpaired) electrons. The number of aromatic hydroxyl groups is 1. The van der Waals surface area contributed by atoms with Gasteiger partial charge in [0.2, 0.25) is 0 Å². The lowest BCUT2D eigenvalue weighted by atomic mass is 9.83. The molecule has 2 N–H and O–H groups in total. The highest BCUT2D eigenvalue weighted by Gasteiger charge is 2.68. The Balaban J connectivity index is 1.63. The summed E-state index contributed by atoms with van der Waals surface area (Å²) in [5, 5.41) is 22.8. The zero-order chi connectivity index (χ0) is 16.8. The maximum Gasteiger partial charge on any atom is 0.307 e. The van der Waals surface area contributed by atoms with Gasteiger partial charge in [0.15, 0.2) is 6.10 Å². The van der Waals surface area contributed by atoms with E-state index in [0.29, 0.717) is 22.6 Å². The van der Waals surface area contributed by atoms with Gasteiger partial charge >= 0.3 is 5.79 Å². The molecule has 2 heterocycles. The molecular formula is C20H14O5. The topological polar surface area (TPSA) is 71.5 Å². The van der Waals surface area contributed by atoms with Gasteiger partial charge in [-0.15, -0.1) is 0 Å². The van der Waals surface area contributed by atoms with Crippen LogP contribution in [0.25, 0.3) is 10.8 Å². The standard InChI is InChI=1S/C20H14O5/c21-12-7-3-6-11-16(12)17(22)18-19(23-18)20(11)24-13-8-1-4-10-5-2-9-14(25-20)15(10)13/h1-9,17-19,21-22H/t17-,18-,19-/m1/s1. The van der Waals surface area contributed by atoms with Crippen LogP contribution < -0.4 is 9.47 Å². The van der Waals surface area contributed by atoms with Crippen LogP contribution in [0.4, 0.5) is 0 Å². The molecule has 1 spiro atoms. The van der Waals surface area contributed by atoms with Gasteiger partial charge in [0.05, 0.1) is 5.39 Å². The number of benzene rings is 3. The van der Waals surface area contributed by atoms with Crippen molar-refractivity contribution in [3.8, 4) is 17.2 Å². The fourth-order valence-corrected chi connectivity index (χ4v) is 4.17. The van der Waals surface area contributed by atoms with Gasteiger partial charge in [-0.25, -0.2) is 0 Å². The van der Waals surface area contributed by atoms with E-state index in [4.69, 9.17) is 14.2 Å². The van der Waals surface area contributed by atoms with Crippen LogP contribution in [0.2, 0.25) is 0 Å². The van der Waals surface area contributed by atoms with Crippen molar-refractivity contribution in [1.29, 1.82) is 0 Å². The summed E-state index contributed by atoms with van der Waals surface area (Å²) in [7, 11) is 0. The smallest absolute Gasteiger partial charge is 0.307 e. The Labute approximate surface area is 143 Å². The third-order valence-electron chi connectivity index (χ3n) is 5.32. The first-order valence-electron chi connectivity index (χ1n) is 8.25. The van der Waals surface area contributed by atoms with Gasteiger partial charge in [-0.05, 0) is 23.6 Å². The molecule has 5 nitrogen and oxygen atoms in total. The summed E-state index contributed by atoms with van der Waals surface area (Å²) in [6.07, 6.45) is -1.78. The predicted octanol–water partition coefficient (Wildman–Crippen LogP) is 2.98. The molecule has 3 aliphatic rings. The van der Waals surface area contributed by atoms with Crippen molar-refractivity contribution >= 4 is 10.8 Å². The lowest BCUT2D eigenvalue weighted by Crippen LogP contribution is -2.50. The van der Waals surface area contributed by atoms with Gasteiger partial charge < -0.3 is 24.4 Å². The second-order valence-corrected chi connectivity index (χ2v) is 6.69. The molecule has 0 amide bonds. The van der Waals surface area contributed by atoms with Crippen LogP contribution in [0.15, 0.2) is 54.6 Å². The van der Waals surface area contributed by atoms with Gasteiger partial charge in [0.1, 0.15) is 29.5 Å². The quantitative estimate of drug-likeness (QED) is 0.619. The van der Waals surface area contributed by atoms with Crippen LogP contribution in [0.3, 0.4) is 0 Å². The van der Waals surface area contributed by atoms with Crippen LogP contribution in [-0.2, 0) is 10.5 Å². The van der Waals surface area contributed by atoms with Crippen LogP contribution >= 0.6 is 0 Å². The highest BCUT2D eigenvalue weighted by molar-refractivity contribution is 5.94. The second-order valence-electron chi connectivity index (χ2n) is 6.69. The number of epoxide rings is 1. The van der Waals surface area contributed by atoms with Crippen LogP contribution in [0, 0.1) is 0 Å². The van der Waals surface area contributed by atoms with E-state index >= 15 is 0 Å². The molecule has 0 bridgehead atoms. The number of fused-ring (bicyclic) bond motifs is 4. The van der Waals surface area contributed by atoms with Crippen LogP contribution in [-0.4, -0.2) is 22.4 Å². The van der Waals surface area contributed by atoms with E-state index in [0.717, 1.165) is 10.8 Å². The molecule has 5 heteroatoms. The average Bonchev–Trinajstić information content (AvgIpc) is 3.42. The third kappa shape index (κ3) is 1.55. The van der Waals surface area contributed by atoms with Crippen molar-refractivity contribution in [3.63, 3.8) is 0 Å². The van der Waals surface area contributed by atoms with E-state index in [1.165, 1.54) is 0 Å². The summed E-state index contributed by atoms with van der Waals surface area (Å²) >= 11 is 0. The first-order chi connectivity index (χ1) is 12.2. The summed E-state index contributed by atoms with van der Waals surface area (Å²) < 4.78 is 18.4. The molecule has 25 heavy (non-hydrogen) atoms. The molecule has 3 atom stereocenters. The lowest BCUT2D eigenvalue weighted by Gasteiger charge is -2.41. The maximum atomic E-state index is 10.5. The number of rotatable bonds is 0. The summed E-state index contributed by atoms with van der Waals surface area (Å²) in [5.74, 6) is 0.224. The van der Waals surface area contributed by atoms with Crippen molar-refractivity contribution < 1.29 is 24.4 Å². The number of aliphatic hydroxyl groups excluding tert-OH is 1. The summed E-state index contributed by atoms with van der Waals surface area (Å²) in [4.78, 5) is 0. The highest BCUT2D eigenvalue weighted by Crippen LogP contribution is 2.58. The van der Waals surface area contributed by atoms with Crippen LogP contribution in [0.5, 0.6) is 17.2 Å². The molecule has 1 saturated heterocycles. The molecule has 6 rings (SSSR count). The van der Waals surface area contributed by atoms with E-state index in [1.807, 2.05) is 42.5 Å². The molecule has 0 unspecified atom stereocenters. The van der Waals surface area contributed by atoms with E-state index in [9.17, 15) is 10.2 Å². The molecule has 2 aliphatic heterocycles. The van der Waals surface area contributed by atoms with Crippen molar-refractivity contribution in [3.05, 3.63) is 65.7 Å². The lowest BCUT2D eigenvalue weighted by molar-refractivity contribution is -0.148. The summed E-state index contributed by atoms with van der Waals surface area (Å²) in [6.45, 7) is 0. The molecular weight excluding hydrogens is 320 g/mol. The van der Waals surface area contributed by atoms with Gasteiger partial charge in [0, 0.05) is 11.1 Å². The monoisotopic (exact) mass is 334 g/mol. The predicted molar refractivity (Wildman–Crippen MR) is 88.6 cm³/mol. The number of hydrogen-bond acceptors (Lipinski definition) is 5. The maximum absolute atomic E-state index is 10.5. The summed E-state index contributed by atoms with van der Waals surface area (Å²) in [6, 6.07) is 16.8. The molecule has 124 valence electrons. The van der Waals surface area contributed by atoms with E-state index in [2.05, 4.69) is 0 Å². The number of phenols is 1. The molecule has 1 fully saturated rings. The Hall–Kier alpha value is -2.76. The van der Waals surface area contributed by atoms with Crippen molar-refractivity contribution in [2.24, 2.45) is 0 Å². The number of aliphatic hydroxyl groups is 1. The Morgan fingerprint density at radius 3 is 2.28 bits per heavy atom. The van der Waals surface area contributed by atoms with Crippen molar-refractivity contribution in [1.82, 2.24) is 0 Å². The van der Waals surface area contributed by atoms with E-state index in [-0.39, 0.29) is 5.75 Å². The minimum Gasteiger partial charge on any atom is -0.508 e. The third-order valence-corrected chi connectivity index (χ3v) is 5.32.